The van der Waals surface area contributed by atoms with Crippen molar-refractivity contribution in [3.63, 3.8) is 0 Å². The van der Waals surface area contributed by atoms with Crippen molar-refractivity contribution < 1.29 is 36.1 Å². The molecule has 2 fully saturated rings. The lowest BCUT2D eigenvalue weighted by atomic mass is 9.85. The molecule has 2 N–H and O–H groups in total. The Morgan fingerprint density at radius 3 is 2.03 bits per heavy atom. The van der Waals surface area contributed by atoms with Crippen molar-refractivity contribution in [3.05, 3.63) is 21.7 Å². The average molecular weight is 497 g/mol. The van der Waals surface area contributed by atoms with Gasteiger partial charge in [0.25, 0.3) is 5.91 Å². The average Bonchev–Trinajstić information content (AvgIpc) is 2.77. The van der Waals surface area contributed by atoms with E-state index in [9.17, 15) is 41.3 Å². The van der Waals surface area contributed by atoms with Crippen LogP contribution in [-0.2, 0) is 0 Å². The van der Waals surface area contributed by atoms with E-state index < -0.39 is 46.7 Å². The second kappa shape index (κ2) is 9.82. The fourth-order valence-electron chi connectivity index (χ4n) is 4.47. The maximum absolute atomic E-state index is 13.0. The Morgan fingerprint density at radius 2 is 1.56 bits per heavy atom. The molecule has 2 heterocycles. The molecule has 1 saturated carbocycles. The number of amides is 1. The Kier molecular flexibility index (Phi) is 7.46. The van der Waals surface area contributed by atoms with Crippen molar-refractivity contribution in [2.75, 3.05) is 30.4 Å². The quantitative estimate of drug-likeness (QED) is 0.349. The van der Waals surface area contributed by atoms with Gasteiger partial charge in [0.2, 0.25) is 5.82 Å². The van der Waals surface area contributed by atoms with Gasteiger partial charge in [0.1, 0.15) is 5.82 Å². The normalized spacial score (nSPS) is 22.4. The summed E-state index contributed by atoms with van der Waals surface area (Å²) in [6, 6.07) is 0.443. The standard InChI is InChI=1S/C20H25F6N5O3/c1-27-16-15(31(33)34)10-14(17(29-16)30-8-6-12(7-9-30)20(24,25)26)18(32)28-13-4-2-11(3-5-13)19(21,22)23/h10-13H,2-9H2,1H3,(H,27,29)(H,28,32). The Morgan fingerprint density at radius 1 is 1.03 bits per heavy atom. The number of carbonyl (C=O) groups excluding carboxylic acids is 1. The first-order valence-corrected chi connectivity index (χ1v) is 10.9. The Bertz CT molecular complexity index is 907. The molecular weight excluding hydrogens is 472 g/mol. The van der Waals surface area contributed by atoms with Crippen molar-refractivity contribution in [1.29, 1.82) is 0 Å². The molecule has 1 aliphatic carbocycles. The zero-order valence-corrected chi connectivity index (χ0v) is 18.3. The van der Waals surface area contributed by atoms with Crippen LogP contribution in [0.2, 0.25) is 0 Å². The fourth-order valence-corrected chi connectivity index (χ4v) is 4.47. The van der Waals surface area contributed by atoms with Gasteiger partial charge < -0.3 is 15.5 Å². The molecule has 0 radical (unpaired) electrons. The molecule has 1 aliphatic heterocycles. The van der Waals surface area contributed by atoms with E-state index in [1.807, 2.05) is 0 Å². The third-order valence-corrected chi connectivity index (χ3v) is 6.44. The summed E-state index contributed by atoms with van der Waals surface area (Å²) in [5.41, 5.74) is -0.698. The summed E-state index contributed by atoms with van der Waals surface area (Å²) in [7, 11) is 1.38. The van der Waals surface area contributed by atoms with E-state index in [1.54, 1.807) is 0 Å². The number of nitro groups is 1. The molecule has 0 spiro atoms. The molecule has 14 heteroatoms. The summed E-state index contributed by atoms with van der Waals surface area (Å²) in [5.74, 6) is -3.85. The molecule has 2 aliphatic rings. The number of nitrogens with zero attached hydrogens (tertiary/aromatic N) is 3. The first-order chi connectivity index (χ1) is 15.8. The highest BCUT2D eigenvalue weighted by atomic mass is 19.4. The predicted molar refractivity (Wildman–Crippen MR) is 111 cm³/mol. The minimum Gasteiger partial charge on any atom is -0.367 e. The SMILES string of the molecule is CNc1nc(N2CCC(C(F)(F)F)CC2)c(C(=O)NC2CCC(C(F)(F)F)CC2)cc1[N+](=O)[O-]. The van der Waals surface area contributed by atoms with Crippen LogP contribution < -0.4 is 15.5 Å². The van der Waals surface area contributed by atoms with E-state index in [2.05, 4.69) is 15.6 Å². The molecule has 1 aromatic rings. The van der Waals surface area contributed by atoms with Gasteiger partial charge in [-0.2, -0.15) is 26.3 Å². The number of alkyl halides is 6. The van der Waals surface area contributed by atoms with Crippen LogP contribution >= 0.6 is 0 Å². The van der Waals surface area contributed by atoms with Crippen molar-refractivity contribution in [2.24, 2.45) is 11.8 Å². The monoisotopic (exact) mass is 497 g/mol. The van der Waals surface area contributed by atoms with Crippen molar-refractivity contribution in [2.45, 2.75) is 56.9 Å². The van der Waals surface area contributed by atoms with Crippen LogP contribution in [0.3, 0.4) is 0 Å². The summed E-state index contributed by atoms with van der Waals surface area (Å²) in [6.45, 7) is -0.121. The Hall–Kier alpha value is -2.80. The number of hydrogen-bond acceptors (Lipinski definition) is 6. The van der Waals surface area contributed by atoms with E-state index in [4.69, 9.17) is 0 Å². The molecule has 1 aromatic heterocycles. The van der Waals surface area contributed by atoms with Gasteiger partial charge in [-0.05, 0) is 38.5 Å². The molecule has 0 unspecified atom stereocenters. The van der Waals surface area contributed by atoms with Gasteiger partial charge in [-0.15, -0.1) is 0 Å². The third-order valence-electron chi connectivity index (χ3n) is 6.44. The number of carbonyl (C=O) groups is 1. The number of anilines is 2. The van der Waals surface area contributed by atoms with Crippen molar-refractivity contribution in [1.82, 2.24) is 10.3 Å². The van der Waals surface area contributed by atoms with Crippen LogP contribution in [0.5, 0.6) is 0 Å². The van der Waals surface area contributed by atoms with Crippen LogP contribution in [-0.4, -0.2) is 54.3 Å². The first kappa shape index (κ1) is 25.8. The van der Waals surface area contributed by atoms with Crippen molar-refractivity contribution >= 4 is 23.2 Å². The van der Waals surface area contributed by atoms with Crippen LogP contribution in [0.4, 0.5) is 43.7 Å². The molecule has 8 nitrogen and oxygen atoms in total. The summed E-state index contributed by atoms with van der Waals surface area (Å²) in [5, 5.41) is 16.7. The lowest BCUT2D eigenvalue weighted by molar-refractivity contribution is -0.384. The second-order valence-electron chi connectivity index (χ2n) is 8.60. The number of pyridine rings is 1. The summed E-state index contributed by atoms with van der Waals surface area (Å²) in [6.07, 6.45) is -9.22. The van der Waals surface area contributed by atoms with Crippen LogP contribution in [0, 0.1) is 22.0 Å². The maximum Gasteiger partial charge on any atom is 0.391 e. The fraction of sp³-hybridized carbons (Fsp3) is 0.700. The summed E-state index contributed by atoms with van der Waals surface area (Å²) >= 11 is 0. The van der Waals surface area contributed by atoms with Crippen LogP contribution in [0.15, 0.2) is 6.07 Å². The zero-order valence-electron chi connectivity index (χ0n) is 18.3. The minimum absolute atomic E-state index is 0.00273. The zero-order chi connectivity index (χ0) is 25.3. The summed E-state index contributed by atoms with van der Waals surface area (Å²) in [4.78, 5) is 29.4. The minimum atomic E-state index is -4.35. The van der Waals surface area contributed by atoms with E-state index in [0.29, 0.717) is 0 Å². The molecule has 0 aromatic carbocycles. The van der Waals surface area contributed by atoms with Gasteiger partial charge >= 0.3 is 18.0 Å². The van der Waals surface area contributed by atoms with E-state index in [0.717, 1.165) is 6.07 Å². The Balaban J connectivity index is 1.83. The summed E-state index contributed by atoms with van der Waals surface area (Å²) < 4.78 is 77.9. The number of halogens is 6. The smallest absolute Gasteiger partial charge is 0.367 e. The molecule has 34 heavy (non-hydrogen) atoms. The molecular formula is C20H25F6N5O3. The van der Waals surface area contributed by atoms with Gasteiger partial charge in [-0.3, -0.25) is 14.9 Å². The van der Waals surface area contributed by atoms with Gasteiger partial charge in [0.05, 0.1) is 22.3 Å². The number of hydrogen-bond donors (Lipinski definition) is 2. The van der Waals surface area contributed by atoms with E-state index >= 15 is 0 Å². The first-order valence-electron chi connectivity index (χ1n) is 10.9. The molecule has 1 saturated heterocycles. The van der Waals surface area contributed by atoms with Gasteiger partial charge in [0.15, 0.2) is 0 Å². The number of nitrogens with one attached hydrogen (secondary N) is 2. The number of aromatic nitrogens is 1. The maximum atomic E-state index is 13.0. The van der Waals surface area contributed by atoms with Gasteiger partial charge in [-0.25, -0.2) is 4.98 Å². The Labute approximate surface area is 191 Å². The molecule has 1 amide bonds. The largest absolute Gasteiger partial charge is 0.391 e. The van der Waals surface area contributed by atoms with Crippen molar-refractivity contribution in [3.8, 4) is 0 Å². The highest BCUT2D eigenvalue weighted by Gasteiger charge is 2.43. The topological polar surface area (TPSA) is 100 Å². The third kappa shape index (κ3) is 5.81. The van der Waals surface area contributed by atoms with E-state index in [1.165, 1.54) is 11.9 Å². The lowest BCUT2D eigenvalue weighted by Crippen LogP contribution is -2.42. The molecule has 3 rings (SSSR count). The number of piperidine rings is 1. The molecule has 0 atom stereocenters. The number of rotatable bonds is 5. The van der Waals surface area contributed by atoms with Crippen LogP contribution in [0.25, 0.3) is 0 Å². The van der Waals surface area contributed by atoms with Gasteiger partial charge in [0, 0.05) is 32.2 Å². The highest BCUT2D eigenvalue weighted by molar-refractivity contribution is 6.00. The van der Waals surface area contributed by atoms with Crippen LogP contribution in [0.1, 0.15) is 48.9 Å². The lowest BCUT2D eigenvalue weighted by Gasteiger charge is -2.35. The molecule has 0 bridgehead atoms. The second-order valence-corrected chi connectivity index (χ2v) is 8.60. The van der Waals surface area contributed by atoms with E-state index in [-0.39, 0.29) is 68.8 Å². The predicted octanol–water partition coefficient (Wildman–Crippen LogP) is 4.66. The van der Waals surface area contributed by atoms with Gasteiger partial charge in [-0.1, -0.05) is 0 Å². The highest BCUT2D eigenvalue weighted by Crippen LogP contribution is 2.39. The molecule has 190 valence electrons.